The molecule has 0 radical (unpaired) electrons. The molecule has 0 aliphatic carbocycles. The van der Waals surface area contributed by atoms with E-state index in [4.69, 9.17) is 5.11 Å². The summed E-state index contributed by atoms with van der Waals surface area (Å²) in [5.41, 5.74) is 1.38. The van der Waals surface area contributed by atoms with Crippen molar-refractivity contribution in [3.63, 3.8) is 0 Å². The van der Waals surface area contributed by atoms with Gasteiger partial charge in [0.2, 0.25) is 5.91 Å². The molecule has 0 saturated carbocycles. The van der Waals surface area contributed by atoms with E-state index in [1.807, 2.05) is 11.0 Å². The number of carboxylic acid groups (broad SMARTS) is 1. The Bertz CT molecular complexity index is 648. The first-order valence-corrected chi connectivity index (χ1v) is 12.2. The molecular formula is C26H41NO4. The Morgan fingerprint density at radius 3 is 2.55 bits per heavy atom. The highest BCUT2D eigenvalue weighted by atomic mass is 16.4. The highest BCUT2D eigenvalue weighted by Crippen LogP contribution is 2.26. The second-order valence-corrected chi connectivity index (χ2v) is 9.19. The van der Waals surface area contributed by atoms with Gasteiger partial charge in [0.05, 0.1) is 6.10 Å². The van der Waals surface area contributed by atoms with E-state index in [1.54, 1.807) is 0 Å². The van der Waals surface area contributed by atoms with E-state index in [9.17, 15) is 14.7 Å². The summed E-state index contributed by atoms with van der Waals surface area (Å²) in [6, 6.07) is 10.8. The summed E-state index contributed by atoms with van der Waals surface area (Å²) in [5, 5.41) is 19.3. The van der Waals surface area contributed by atoms with Crippen LogP contribution in [0, 0.1) is 5.92 Å². The maximum Gasteiger partial charge on any atom is 0.303 e. The first-order chi connectivity index (χ1) is 15.0. The van der Waals surface area contributed by atoms with Gasteiger partial charge in [0, 0.05) is 25.4 Å². The van der Waals surface area contributed by atoms with Crippen molar-refractivity contribution in [1.82, 2.24) is 4.90 Å². The van der Waals surface area contributed by atoms with Gasteiger partial charge in [0.1, 0.15) is 0 Å². The van der Waals surface area contributed by atoms with Gasteiger partial charge in [0.15, 0.2) is 0 Å². The van der Waals surface area contributed by atoms with Crippen molar-refractivity contribution in [3.05, 3.63) is 35.9 Å². The van der Waals surface area contributed by atoms with Gasteiger partial charge in [-0.25, -0.2) is 0 Å². The molecule has 1 fully saturated rings. The molecule has 3 atom stereocenters. The third-order valence-corrected chi connectivity index (χ3v) is 6.66. The van der Waals surface area contributed by atoms with Gasteiger partial charge in [-0.15, -0.1) is 0 Å². The minimum atomic E-state index is -0.737. The number of carboxylic acids is 1. The molecule has 174 valence electrons. The maximum atomic E-state index is 12.2. The number of rotatable bonds is 16. The highest BCUT2D eigenvalue weighted by Gasteiger charge is 2.30. The lowest BCUT2D eigenvalue weighted by Crippen LogP contribution is -2.35. The van der Waals surface area contributed by atoms with Crippen LogP contribution in [0.3, 0.4) is 0 Å². The Morgan fingerprint density at radius 2 is 1.81 bits per heavy atom. The number of hydrogen-bond donors (Lipinski definition) is 2. The van der Waals surface area contributed by atoms with Gasteiger partial charge in [-0.2, -0.15) is 0 Å². The summed E-state index contributed by atoms with van der Waals surface area (Å²) in [4.78, 5) is 24.8. The Hall–Kier alpha value is -1.88. The fourth-order valence-corrected chi connectivity index (χ4v) is 4.59. The molecule has 1 aliphatic rings. The van der Waals surface area contributed by atoms with Crippen LogP contribution in [0.2, 0.25) is 0 Å². The molecule has 31 heavy (non-hydrogen) atoms. The zero-order valence-electron chi connectivity index (χ0n) is 19.2. The average Bonchev–Trinajstić information content (AvgIpc) is 3.11. The zero-order chi connectivity index (χ0) is 22.5. The molecule has 0 aromatic heterocycles. The van der Waals surface area contributed by atoms with Gasteiger partial charge in [-0.05, 0) is 62.8 Å². The minimum Gasteiger partial charge on any atom is -0.481 e. The minimum absolute atomic E-state index is 0.230. The monoisotopic (exact) mass is 431 g/mol. The fourth-order valence-electron chi connectivity index (χ4n) is 4.59. The van der Waals surface area contributed by atoms with E-state index in [2.05, 4.69) is 31.2 Å². The van der Waals surface area contributed by atoms with Crippen LogP contribution in [0.1, 0.15) is 89.5 Å². The molecule has 0 spiro atoms. The molecule has 1 amide bonds. The number of carbonyl (C=O) groups excluding carboxylic acids is 1. The third kappa shape index (κ3) is 9.86. The number of nitrogens with zero attached hydrogens (tertiary/aromatic N) is 1. The summed E-state index contributed by atoms with van der Waals surface area (Å²) >= 11 is 0. The molecule has 2 N–H and O–H groups in total. The number of aliphatic hydroxyl groups excluding tert-OH is 1. The quantitative estimate of drug-likeness (QED) is 0.353. The number of carbonyl (C=O) groups is 2. The van der Waals surface area contributed by atoms with Crippen molar-refractivity contribution in [2.24, 2.45) is 5.92 Å². The Morgan fingerprint density at radius 1 is 1.06 bits per heavy atom. The Kier molecular flexibility index (Phi) is 11.7. The lowest BCUT2D eigenvalue weighted by Gasteiger charge is -2.27. The molecule has 5 nitrogen and oxygen atoms in total. The first-order valence-electron chi connectivity index (χ1n) is 12.2. The van der Waals surface area contributed by atoms with Crippen LogP contribution in [-0.4, -0.2) is 45.7 Å². The van der Waals surface area contributed by atoms with E-state index in [0.29, 0.717) is 12.8 Å². The van der Waals surface area contributed by atoms with E-state index in [-0.39, 0.29) is 30.4 Å². The standard InChI is InChI=1S/C26H41NO4/c1-21(11-8-9-14-22-12-5-4-6-13-22)24(28)18-16-23-17-19-25(29)27(23)20-10-3-2-7-15-26(30)31/h4-6,12-13,21,23-24,28H,2-3,7-11,14-20H2,1H3,(H,30,31)/t21-,23?,24+/m0/s1. The molecule has 1 aromatic carbocycles. The molecule has 5 heteroatoms. The van der Waals surface area contributed by atoms with Gasteiger partial charge in [-0.3, -0.25) is 9.59 Å². The number of unbranched alkanes of at least 4 members (excludes halogenated alkanes) is 4. The van der Waals surface area contributed by atoms with E-state index in [0.717, 1.165) is 70.8 Å². The summed E-state index contributed by atoms with van der Waals surface area (Å²) in [6.45, 7) is 2.91. The number of aryl methyl sites for hydroxylation is 1. The number of benzene rings is 1. The molecule has 0 bridgehead atoms. The number of aliphatic carboxylic acids is 1. The molecule has 1 aliphatic heterocycles. The van der Waals surface area contributed by atoms with Crippen molar-refractivity contribution < 1.29 is 19.8 Å². The largest absolute Gasteiger partial charge is 0.481 e. The molecule has 1 saturated heterocycles. The van der Waals surface area contributed by atoms with Gasteiger partial charge < -0.3 is 15.1 Å². The second kappa shape index (κ2) is 14.2. The fraction of sp³-hybridized carbons (Fsp3) is 0.692. The van der Waals surface area contributed by atoms with Crippen molar-refractivity contribution in [2.75, 3.05) is 6.54 Å². The lowest BCUT2D eigenvalue weighted by molar-refractivity contribution is -0.137. The van der Waals surface area contributed by atoms with Crippen molar-refractivity contribution in [2.45, 2.75) is 103 Å². The second-order valence-electron chi connectivity index (χ2n) is 9.19. The van der Waals surface area contributed by atoms with Crippen molar-refractivity contribution in [3.8, 4) is 0 Å². The molecule has 2 rings (SSSR count). The summed E-state index contributed by atoms with van der Waals surface area (Å²) in [7, 11) is 0. The van der Waals surface area contributed by atoms with Crippen LogP contribution in [0.4, 0.5) is 0 Å². The molecular weight excluding hydrogens is 390 g/mol. The highest BCUT2D eigenvalue weighted by molar-refractivity contribution is 5.78. The van der Waals surface area contributed by atoms with Crippen LogP contribution >= 0.6 is 0 Å². The summed E-state index contributed by atoms with van der Waals surface area (Å²) in [5.74, 6) is -0.215. The SMILES string of the molecule is C[C@@H](CCCCc1ccccc1)[C@H](O)CCC1CCC(=O)N1CCCCCCC(=O)O. The normalized spacial score (nSPS) is 18.3. The summed E-state index contributed by atoms with van der Waals surface area (Å²) in [6.07, 6.45) is 11.0. The Balaban J connectivity index is 1.60. The summed E-state index contributed by atoms with van der Waals surface area (Å²) < 4.78 is 0. The molecule has 1 heterocycles. The number of aliphatic hydroxyl groups is 1. The van der Waals surface area contributed by atoms with Crippen LogP contribution in [0.15, 0.2) is 30.3 Å². The van der Waals surface area contributed by atoms with Crippen LogP contribution < -0.4 is 0 Å². The first kappa shape index (κ1) is 25.4. The molecule has 1 aromatic rings. The number of likely N-dealkylation sites (tertiary alicyclic amines) is 1. The third-order valence-electron chi connectivity index (χ3n) is 6.66. The van der Waals surface area contributed by atoms with Gasteiger partial charge in [-0.1, -0.05) is 56.5 Å². The predicted molar refractivity (Wildman–Crippen MR) is 124 cm³/mol. The van der Waals surface area contributed by atoms with Crippen LogP contribution in [0.5, 0.6) is 0 Å². The van der Waals surface area contributed by atoms with E-state index in [1.165, 1.54) is 5.56 Å². The zero-order valence-corrected chi connectivity index (χ0v) is 19.2. The number of amides is 1. The molecule has 1 unspecified atom stereocenters. The maximum absolute atomic E-state index is 12.2. The van der Waals surface area contributed by atoms with Gasteiger partial charge >= 0.3 is 5.97 Å². The van der Waals surface area contributed by atoms with Crippen molar-refractivity contribution in [1.29, 1.82) is 0 Å². The number of hydrogen-bond acceptors (Lipinski definition) is 3. The van der Waals surface area contributed by atoms with Crippen molar-refractivity contribution >= 4 is 11.9 Å². The van der Waals surface area contributed by atoms with Crippen LogP contribution in [-0.2, 0) is 16.0 Å². The lowest BCUT2D eigenvalue weighted by atomic mass is 9.92. The van der Waals surface area contributed by atoms with E-state index >= 15 is 0 Å². The predicted octanol–water partition coefficient (Wildman–Crippen LogP) is 5.20. The average molecular weight is 432 g/mol. The van der Waals surface area contributed by atoms with Crippen LogP contribution in [0.25, 0.3) is 0 Å². The van der Waals surface area contributed by atoms with Gasteiger partial charge in [0.25, 0.3) is 0 Å². The smallest absolute Gasteiger partial charge is 0.303 e. The topological polar surface area (TPSA) is 77.8 Å². The van der Waals surface area contributed by atoms with E-state index < -0.39 is 5.97 Å². The Labute approximate surface area is 187 Å².